The molecule has 5 nitrogen and oxygen atoms in total. The maximum Gasteiger partial charge on any atom is 0.226 e. The maximum absolute atomic E-state index is 4.61. The molecule has 1 aliphatic heterocycles. The molecule has 0 saturated carbocycles. The van der Waals surface area contributed by atoms with E-state index in [4.69, 9.17) is 0 Å². The van der Waals surface area contributed by atoms with Crippen LogP contribution in [0.2, 0.25) is 0 Å². The van der Waals surface area contributed by atoms with E-state index in [0.717, 1.165) is 37.3 Å². The Kier molecular flexibility index (Phi) is 4.96. The number of aromatic nitrogens is 2. The highest BCUT2D eigenvalue weighted by Gasteiger charge is 2.20. The predicted molar refractivity (Wildman–Crippen MR) is 79.8 cm³/mol. The van der Waals surface area contributed by atoms with Crippen molar-refractivity contribution in [1.29, 1.82) is 0 Å². The second-order valence-corrected chi connectivity index (χ2v) is 5.43. The fourth-order valence-corrected chi connectivity index (χ4v) is 2.53. The Balaban J connectivity index is 1.92. The summed E-state index contributed by atoms with van der Waals surface area (Å²) in [7, 11) is 5.98. The molecular weight excluding hydrogens is 238 g/mol. The molecule has 19 heavy (non-hydrogen) atoms. The Morgan fingerprint density at radius 1 is 1.37 bits per heavy atom. The van der Waals surface area contributed by atoms with Gasteiger partial charge in [0.2, 0.25) is 5.95 Å². The van der Waals surface area contributed by atoms with Gasteiger partial charge in [0.05, 0.1) is 0 Å². The van der Waals surface area contributed by atoms with E-state index < -0.39 is 0 Å². The highest BCUT2D eigenvalue weighted by molar-refractivity contribution is 5.43. The summed E-state index contributed by atoms with van der Waals surface area (Å²) in [5.74, 6) is 2.71. The normalized spacial score (nSPS) is 16.7. The minimum Gasteiger partial charge on any atom is -0.356 e. The van der Waals surface area contributed by atoms with Crippen molar-refractivity contribution in [2.45, 2.75) is 19.3 Å². The SMILES string of the molecule is CNCCC1CCN(c2ccnc(N(C)C)n2)CC1. The number of hydrogen-bond acceptors (Lipinski definition) is 5. The van der Waals surface area contributed by atoms with Gasteiger partial charge in [-0.3, -0.25) is 0 Å². The molecule has 2 rings (SSSR count). The first-order chi connectivity index (χ1) is 9.20. The van der Waals surface area contributed by atoms with Crippen LogP contribution in [0, 0.1) is 5.92 Å². The molecule has 1 aliphatic rings. The average Bonchev–Trinajstić information content (AvgIpc) is 2.46. The van der Waals surface area contributed by atoms with Crippen molar-refractivity contribution in [1.82, 2.24) is 15.3 Å². The predicted octanol–water partition coefficient (Wildman–Crippen LogP) is 1.37. The summed E-state index contributed by atoms with van der Waals surface area (Å²) < 4.78 is 0. The molecule has 2 heterocycles. The molecule has 1 fully saturated rings. The minimum absolute atomic E-state index is 0.787. The summed E-state index contributed by atoms with van der Waals surface area (Å²) in [5.41, 5.74) is 0. The fourth-order valence-electron chi connectivity index (χ4n) is 2.53. The summed E-state index contributed by atoms with van der Waals surface area (Å²) in [5, 5.41) is 3.24. The van der Waals surface area contributed by atoms with Gasteiger partial charge in [-0.15, -0.1) is 0 Å². The van der Waals surface area contributed by atoms with Gasteiger partial charge in [-0.1, -0.05) is 0 Å². The molecule has 1 aromatic rings. The van der Waals surface area contributed by atoms with Gasteiger partial charge < -0.3 is 15.1 Å². The van der Waals surface area contributed by atoms with Crippen molar-refractivity contribution in [3.05, 3.63) is 12.3 Å². The van der Waals surface area contributed by atoms with E-state index in [-0.39, 0.29) is 0 Å². The molecule has 1 aromatic heterocycles. The zero-order chi connectivity index (χ0) is 13.7. The Morgan fingerprint density at radius 2 is 2.11 bits per heavy atom. The number of nitrogens with one attached hydrogen (secondary N) is 1. The van der Waals surface area contributed by atoms with E-state index in [1.165, 1.54) is 19.3 Å². The molecule has 0 unspecified atom stereocenters. The first kappa shape index (κ1) is 14.1. The van der Waals surface area contributed by atoms with Crippen LogP contribution in [0.1, 0.15) is 19.3 Å². The summed E-state index contributed by atoms with van der Waals surface area (Å²) in [6, 6.07) is 2.01. The molecule has 1 saturated heterocycles. The van der Waals surface area contributed by atoms with E-state index in [1.807, 2.05) is 38.3 Å². The van der Waals surface area contributed by atoms with Gasteiger partial charge in [-0.05, 0) is 44.8 Å². The second-order valence-electron chi connectivity index (χ2n) is 5.43. The summed E-state index contributed by atoms with van der Waals surface area (Å²) in [4.78, 5) is 13.2. The number of piperidine rings is 1. The van der Waals surface area contributed by atoms with Crippen molar-refractivity contribution >= 4 is 11.8 Å². The third-order valence-electron chi connectivity index (χ3n) is 3.77. The molecule has 5 heteroatoms. The highest BCUT2D eigenvalue weighted by atomic mass is 15.3. The quantitative estimate of drug-likeness (QED) is 0.869. The average molecular weight is 263 g/mol. The fraction of sp³-hybridized carbons (Fsp3) is 0.714. The molecule has 1 N–H and O–H groups in total. The Labute approximate surface area is 116 Å². The zero-order valence-corrected chi connectivity index (χ0v) is 12.3. The largest absolute Gasteiger partial charge is 0.356 e. The molecule has 0 bridgehead atoms. The summed E-state index contributed by atoms with van der Waals surface area (Å²) in [6.45, 7) is 3.35. The standard InChI is InChI=1S/C14H25N5/c1-15-8-4-12-6-10-19(11-7-12)13-5-9-16-14(17-13)18(2)3/h5,9,12,15H,4,6-8,10-11H2,1-3H3. The van der Waals surface area contributed by atoms with E-state index in [9.17, 15) is 0 Å². The van der Waals surface area contributed by atoms with Crippen molar-refractivity contribution in [2.75, 3.05) is 50.6 Å². The lowest BCUT2D eigenvalue weighted by atomic mass is 9.93. The smallest absolute Gasteiger partial charge is 0.226 e. The number of anilines is 2. The van der Waals surface area contributed by atoms with Crippen molar-refractivity contribution in [3.63, 3.8) is 0 Å². The van der Waals surface area contributed by atoms with Crippen LogP contribution in [0.3, 0.4) is 0 Å². The monoisotopic (exact) mass is 263 g/mol. The van der Waals surface area contributed by atoms with Crippen molar-refractivity contribution in [3.8, 4) is 0 Å². The topological polar surface area (TPSA) is 44.3 Å². The van der Waals surface area contributed by atoms with Crippen LogP contribution < -0.4 is 15.1 Å². The molecule has 0 aliphatic carbocycles. The third kappa shape index (κ3) is 3.80. The molecule has 0 aromatic carbocycles. The number of nitrogens with zero attached hydrogens (tertiary/aromatic N) is 4. The van der Waals surface area contributed by atoms with Crippen LogP contribution in [-0.2, 0) is 0 Å². The lowest BCUT2D eigenvalue weighted by molar-refractivity contribution is 0.377. The van der Waals surface area contributed by atoms with Crippen LogP contribution in [0.4, 0.5) is 11.8 Å². The number of rotatable bonds is 5. The third-order valence-corrected chi connectivity index (χ3v) is 3.77. The maximum atomic E-state index is 4.61. The molecule has 0 atom stereocenters. The van der Waals surface area contributed by atoms with Crippen LogP contribution in [0.25, 0.3) is 0 Å². The zero-order valence-electron chi connectivity index (χ0n) is 12.3. The van der Waals surface area contributed by atoms with Gasteiger partial charge in [-0.25, -0.2) is 4.98 Å². The highest BCUT2D eigenvalue weighted by Crippen LogP contribution is 2.24. The van der Waals surface area contributed by atoms with Gasteiger partial charge >= 0.3 is 0 Å². The number of hydrogen-bond donors (Lipinski definition) is 1. The van der Waals surface area contributed by atoms with E-state index in [1.54, 1.807) is 0 Å². The molecule has 0 spiro atoms. The van der Waals surface area contributed by atoms with E-state index in [2.05, 4.69) is 20.2 Å². The Bertz CT molecular complexity index is 385. The van der Waals surface area contributed by atoms with Gasteiger partial charge in [-0.2, -0.15) is 4.98 Å². The van der Waals surface area contributed by atoms with Crippen LogP contribution in [-0.4, -0.2) is 50.7 Å². The van der Waals surface area contributed by atoms with Gasteiger partial charge in [0.1, 0.15) is 5.82 Å². The Morgan fingerprint density at radius 3 is 2.74 bits per heavy atom. The van der Waals surface area contributed by atoms with Gasteiger partial charge in [0.15, 0.2) is 0 Å². The van der Waals surface area contributed by atoms with Crippen LogP contribution in [0.5, 0.6) is 0 Å². The van der Waals surface area contributed by atoms with E-state index in [0.29, 0.717) is 0 Å². The van der Waals surface area contributed by atoms with Crippen LogP contribution in [0.15, 0.2) is 12.3 Å². The first-order valence-corrected chi connectivity index (χ1v) is 7.10. The second kappa shape index (κ2) is 6.70. The molecule has 0 amide bonds. The summed E-state index contributed by atoms with van der Waals surface area (Å²) in [6.07, 6.45) is 5.67. The van der Waals surface area contributed by atoms with Gasteiger partial charge in [0.25, 0.3) is 0 Å². The lowest BCUT2D eigenvalue weighted by Gasteiger charge is -2.33. The van der Waals surface area contributed by atoms with Crippen molar-refractivity contribution in [2.24, 2.45) is 5.92 Å². The Hall–Kier alpha value is -1.36. The van der Waals surface area contributed by atoms with Gasteiger partial charge in [0, 0.05) is 33.4 Å². The van der Waals surface area contributed by atoms with E-state index >= 15 is 0 Å². The molecular formula is C14H25N5. The first-order valence-electron chi connectivity index (χ1n) is 7.10. The minimum atomic E-state index is 0.787. The molecule has 0 radical (unpaired) electrons. The van der Waals surface area contributed by atoms with Crippen molar-refractivity contribution < 1.29 is 0 Å². The lowest BCUT2D eigenvalue weighted by Crippen LogP contribution is -2.35. The summed E-state index contributed by atoms with van der Waals surface area (Å²) >= 11 is 0. The molecule has 106 valence electrons. The van der Waals surface area contributed by atoms with Crippen LogP contribution >= 0.6 is 0 Å².